The number of halogens is 1. The summed E-state index contributed by atoms with van der Waals surface area (Å²) in [6.07, 6.45) is 0.916. The van der Waals surface area contributed by atoms with E-state index in [0.29, 0.717) is 0 Å². The molecule has 0 bridgehead atoms. The van der Waals surface area contributed by atoms with Gasteiger partial charge in [0.15, 0.2) is 0 Å². The Labute approximate surface area is 114 Å². The van der Waals surface area contributed by atoms with Crippen LogP contribution in [0.5, 0.6) is 0 Å². The fraction of sp³-hybridized carbons (Fsp3) is 0.231. The van der Waals surface area contributed by atoms with Gasteiger partial charge in [0.1, 0.15) is 0 Å². The summed E-state index contributed by atoms with van der Waals surface area (Å²) in [6.45, 7) is 2.14. The van der Waals surface area contributed by atoms with Gasteiger partial charge in [-0.1, -0.05) is 24.3 Å². The second-order valence-electron chi connectivity index (χ2n) is 3.92. The lowest BCUT2D eigenvalue weighted by Gasteiger charge is -2.11. The summed E-state index contributed by atoms with van der Waals surface area (Å²) < 4.78 is 1.30. The van der Waals surface area contributed by atoms with Crippen molar-refractivity contribution >= 4 is 33.9 Å². The van der Waals surface area contributed by atoms with Gasteiger partial charge in [0.2, 0.25) is 0 Å². The summed E-state index contributed by atoms with van der Waals surface area (Å²) in [4.78, 5) is 0. The van der Waals surface area contributed by atoms with E-state index in [1.165, 1.54) is 19.6 Å². The highest BCUT2D eigenvalue weighted by Crippen LogP contribution is 2.24. The van der Waals surface area contributed by atoms with E-state index in [9.17, 15) is 0 Å². The van der Waals surface area contributed by atoms with Crippen molar-refractivity contribution in [3.63, 3.8) is 0 Å². The topological polar surface area (TPSA) is 26.0 Å². The second kappa shape index (κ2) is 5.29. The normalized spacial score (nSPS) is 12.7. The monoisotopic (exact) mass is 343 g/mol. The lowest BCUT2D eigenvalue weighted by molar-refractivity contribution is 0.721. The number of rotatable bonds is 3. The van der Waals surface area contributed by atoms with E-state index in [-0.39, 0.29) is 6.04 Å². The Morgan fingerprint density at radius 3 is 2.75 bits per heavy atom. The molecule has 0 fully saturated rings. The number of hydrogen-bond donors (Lipinski definition) is 1. The fourth-order valence-corrected chi connectivity index (χ4v) is 3.15. The van der Waals surface area contributed by atoms with E-state index < -0.39 is 0 Å². The number of nitrogens with two attached hydrogens (primary N) is 1. The molecule has 0 aliphatic rings. The largest absolute Gasteiger partial charge is 0.324 e. The molecule has 0 radical (unpaired) electrons. The molecule has 1 unspecified atom stereocenters. The maximum atomic E-state index is 6.21. The Morgan fingerprint density at radius 1 is 1.38 bits per heavy atom. The van der Waals surface area contributed by atoms with Crippen molar-refractivity contribution in [1.82, 2.24) is 0 Å². The molecule has 1 nitrogen and oxygen atoms in total. The maximum absolute atomic E-state index is 6.21. The van der Waals surface area contributed by atoms with Crippen molar-refractivity contribution in [2.75, 3.05) is 0 Å². The van der Waals surface area contributed by atoms with Crippen LogP contribution in [0.4, 0.5) is 0 Å². The molecular formula is C13H14INS. The number of benzene rings is 1. The number of aryl methyl sites for hydroxylation is 1. The number of thiophene rings is 1. The summed E-state index contributed by atoms with van der Waals surface area (Å²) in [5.41, 5.74) is 10.1. The van der Waals surface area contributed by atoms with E-state index in [0.717, 1.165) is 6.42 Å². The maximum Gasteiger partial charge on any atom is 0.0656 e. The van der Waals surface area contributed by atoms with Gasteiger partial charge in [-0.25, -0.2) is 0 Å². The van der Waals surface area contributed by atoms with Crippen molar-refractivity contribution in [1.29, 1.82) is 0 Å². The van der Waals surface area contributed by atoms with Gasteiger partial charge in [-0.05, 0) is 64.1 Å². The highest BCUT2D eigenvalue weighted by molar-refractivity contribution is 14.1. The molecule has 1 aromatic carbocycles. The molecule has 2 aromatic rings. The SMILES string of the molecule is Cc1ccccc1CC(N)c1csc(I)c1. The first-order valence-electron chi connectivity index (χ1n) is 5.21. The lowest BCUT2D eigenvalue weighted by Crippen LogP contribution is -2.13. The Morgan fingerprint density at radius 2 is 2.12 bits per heavy atom. The van der Waals surface area contributed by atoms with Crippen LogP contribution in [0.1, 0.15) is 22.7 Å². The molecule has 0 amide bonds. The van der Waals surface area contributed by atoms with Crippen LogP contribution in [0.3, 0.4) is 0 Å². The minimum absolute atomic E-state index is 0.112. The molecule has 1 atom stereocenters. The highest BCUT2D eigenvalue weighted by Gasteiger charge is 2.09. The van der Waals surface area contributed by atoms with Gasteiger partial charge in [0.25, 0.3) is 0 Å². The molecule has 16 heavy (non-hydrogen) atoms. The molecule has 2 rings (SSSR count). The molecule has 0 saturated carbocycles. The van der Waals surface area contributed by atoms with Crippen LogP contribution in [0.2, 0.25) is 0 Å². The average Bonchev–Trinajstić information content (AvgIpc) is 2.68. The predicted molar refractivity (Wildman–Crippen MR) is 78.8 cm³/mol. The molecular weight excluding hydrogens is 329 g/mol. The fourth-order valence-electron chi connectivity index (χ4n) is 1.71. The van der Waals surface area contributed by atoms with Crippen LogP contribution in [0.25, 0.3) is 0 Å². The van der Waals surface area contributed by atoms with Crippen LogP contribution < -0.4 is 5.73 Å². The smallest absolute Gasteiger partial charge is 0.0656 e. The third-order valence-electron chi connectivity index (χ3n) is 2.72. The van der Waals surface area contributed by atoms with E-state index in [4.69, 9.17) is 5.73 Å². The van der Waals surface area contributed by atoms with E-state index in [1.807, 2.05) is 0 Å². The molecule has 1 aromatic heterocycles. The first-order chi connectivity index (χ1) is 7.66. The highest BCUT2D eigenvalue weighted by atomic mass is 127. The van der Waals surface area contributed by atoms with Gasteiger partial charge in [-0.15, -0.1) is 11.3 Å². The second-order valence-corrected chi connectivity index (χ2v) is 6.73. The summed E-state index contributed by atoms with van der Waals surface area (Å²) in [5.74, 6) is 0. The van der Waals surface area contributed by atoms with Crippen LogP contribution >= 0.6 is 33.9 Å². The minimum Gasteiger partial charge on any atom is -0.324 e. The van der Waals surface area contributed by atoms with Crippen LogP contribution in [-0.4, -0.2) is 0 Å². The van der Waals surface area contributed by atoms with Crippen molar-refractivity contribution in [2.45, 2.75) is 19.4 Å². The minimum atomic E-state index is 0.112. The quantitative estimate of drug-likeness (QED) is 0.841. The standard InChI is InChI=1S/C13H14INS/c1-9-4-2-3-5-10(9)6-12(15)11-7-13(14)16-8-11/h2-5,7-8,12H,6,15H2,1H3. The third kappa shape index (κ3) is 2.84. The summed E-state index contributed by atoms with van der Waals surface area (Å²) in [6, 6.07) is 10.7. The summed E-state index contributed by atoms with van der Waals surface area (Å²) >= 11 is 4.09. The van der Waals surface area contributed by atoms with Crippen molar-refractivity contribution < 1.29 is 0 Å². The Bertz CT molecular complexity index is 478. The van der Waals surface area contributed by atoms with Crippen LogP contribution in [0, 0.1) is 9.81 Å². The molecule has 84 valence electrons. The zero-order valence-corrected chi connectivity index (χ0v) is 12.1. The van der Waals surface area contributed by atoms with Crippen molar-refractivity contribution in [3.8, 4) is 0 Å². The predicted octanol–water partition coefficient (Wildman–Crippen LogP) is 3.90. The van der Waals surface area contributed by atoms with Crippen molar-refractivity contribution in [2.24, 2.45) is 5.73 Å². The molecule has 1 heterocycles. The van der Waals surface area contributed by atoms with Gasteiger partial charge in [0.05, 0.1) is 2.88 Å². The van der Waals surface area contributed by atoms with Gasteiger partial charge in [-0.2, -0.15) is 0 Å². The molecule has 0 aliphatic carbocycles. The zero-order chi connectivity index (χ0) is 11.5. The van der Waals surface area contributed by atoms with Crippen LogP contribution in [-0.2, 0) is 6.42 Å². The summed E-state index contributed by atoms with van der Waals surface area (Å²) in [7, 11) is 0. The first kappa shape index (κ1) is 12.1. The van der Waals surface area contributed by atoms with Crippen molar-refractivity contribution in [3.05, 3.63) is 55.3 Å². The Kier molecular flexibility index (Phi) is 4.00. The third-order valence-corrected chi connectivity index (χ3v) is 4.52. The Balaban J connectivity index is 2.13. The average molecular weight is 343 g/mol. The molecule has 0 aliphatic heterocycles. The summed E-state index contributed by atoms with van der Waals surface area (Å²) in [5, 5.41) is 2.16. The van der Waals surface area contributed by atoms with E-state index >= 15 is 0 Å². The van der Waals surface area contributed by atoms with E-state index in [1.54, 1.807) is 11.3 Å². The molecule has 0 spiro atoms. The van der Waals surface area contributed by atoms with Gasteiger partial charge >= 0.3 is 0 Å². The van der Waals surface area contributed by atoms with Gasteiger partial charge in [0, 0.05) is 6.04 Å². The molecule has 3 heteroatoms. The Hall–Kier alpha value is -0.390. The first-order valence-corrected chi connectivity index (χ1v) is 7.16. The molecule has 2 N–H and O–H groups in total. The van der Waals surface area contributed by atoms with Gasteiger partial charge < -0.3 is 5.73 Å². The lowest BCUT2D eigenvalue weighted by atomic mass is 9.98. The number of hydrogen-bond acceptors (Lipinski definition) is 2. The van der Waals surface area contributed by atoms with Crippen LogP contribution in [0.15, 0.2) is 35.7 Å². The van der Waals surface area contributed by atoms with E-state index in [2.05, 4.69) is 65.2 Å². The zero-order valence-electron chi connectivity index (χ0n) is 9.11. The van der Waals surface area contributed by atoms with Gasteiger partial charge in [-0.3, -0.25) is 0 Å². The molecule has 0 saturated heterocycles.